The number of hydrogen-bond acceptors (Lipinski definition) is 3. The van der Waals surface area contributed by atoms with Crippen molar-refractivity contribution in [3.63, 3.8) is 0 Å². The number of amides is 1. The van der Waals surface area contributed by atoms with Gasteiger partial charge in [0.05, 0.1) is 12.7 Å². The Morgan fingerprint density at radius 3 is 2.89 bits per heavy atom. The molecule has 2 heterocycles. The van der Waals surface area contributed by atoms with Gasteiger partial charge in [0, 0.05) is 18.0 Å². The van der Waals surface area contributed by atoms with E-state index in [1.807, 2.05) is 24.3 Å². The molecule has 0 bridgehead atoms. The molecule has 3 aromatic rings. The van der Waals surface area contributed by atoms with Gasteiger partial charge in [-0.15, -0.1) is 0 Å². The van der Waals surface area contributed by atoms with E-state index in [4.69, 9.17) is 4.42 Å². The van der Waals surface area contributed by atoms with Crippen LogP contribution in [0.15, 0.2) is 65.3 Å². The van der Waals surface area contributed by atoms with Gasteiger partial charge in [0.1, 0.15) is 5.58 Å². The minimum atomic E-state index is 0.102. The number of benzene rings is 2. The summed E-state index contributed by atoms with van der Waals surface area (Å²) in [5, 5.41) is 4.28. The second-order valence-corrected chi connectivity index (χ2v) is 7.72. The highest BCUT2D eigenvalue weighted by Gasteiger charge is 2.21. The Bertz CT molecular complexity index is 903. The quantitative estimate of drug-likeness (QED) is 0.673. The van der Waals surface area contributed by atoms with Gasteiger partial charge in [-0.1, -0.05) is 42.5 Å². The molecule has 4 heteroatoms. The topological polar surface area (TPSA) is 45.5 Å². The highest BCUT2D eigenvalue weighted by molar-refractivity contribution is 5.87. The van der Waals surface area contributed by atoms with Gasteiger partial charge >= 0.3 is 0 Å². The Hall–Kier alpha value is -2.59. The van der Waals surface area contributed by atoms with Gasteiger partial charge in [-0.25, -0.2) is 0 Å². The first-order valence-corrected chi connectivity index (χ1v) is 10.3. The molecule has 0 spiro atoms. The predicted octanol–water partition coefficient (Wildman–Crippen LogP) is 4.19. The van der Waals surface area contributed by atoms with Gasteiger partial charge in [-0.2, -0.15) is 0 Å². The summed E-state index contributed by atoms with van der Waals surface area (Å²) in [7, 11) is 0. The summed E-state index contributed by atoms with van der Waals surface area (Å²) in [5.41, 5.74) is 3.27. The van der Waals surface area contributed by atoms with Crippen molar-refractivity contribution >= 4 is 16.9 Å². The van der Waals surface area contributed by atoms with Crippen molar-refractivity contribution in [2.24, 2.45) is 0 Å². The monoisotopic (exact) mass is 376 g/mol. The molecule has 0 radical (unpaired) electrons. The molecule has 146 valence electrons. The molecule has 1 amide bonds. The summed E-state index contributed by atoms with van der Waals surface area (Å²) >= 11 is 0. The van der Waals surface area contributed by atoms with Crippen LogP contribution in [0.5, 0.6) is 0 Å². The number of aryl methyl sites for hydroxylation is 1. The molecule has 1 unspecified atom stereocenters. The van der Waals surface area contributed by atoms with Gasteiger partial charge in [0.15, 0.2) is 0 Å². The van der Waals surface area contributed by atoms with E-state index in [9.17, 15) is 4.79 Å². The molecule has 1 aliphatic rings. The van der Waals surface area contributed by atoms with E-state index < -0.39 is 0 Å². The van der Waals surface area contributed by atoms with Crippen molar-refractivity contribution in [3.05, 3.63) is 72.0 Å². The van der Waals surface area contributed by atoms with Crippen LogP contribution in [0.2, 0.25) is 0 Å². The van der Waals surface area contributed by atoms with Gasteiger partial charge in [0.2, 0.25) is 5.91 Å². The molecule has 0 aliphatic carbocycles. The number of piperidine rings is 1. The molecular formula is C24H28N2O2. The first-order chi connectivity index (χ1) is 13.8. The number of hydrogen-bond donors (Lipinski definition) is 1. The SMILES string of the molecule is O=C(Cc1cccc2occc12)NC1CCCN(CCCc2ccccc2)C1. The van der Waals surface area contributed by atoms with E-state index >= 15 is 0 Å². The first kappa shape index (κ1) is 18.8. The number of carbonyl (C=O) groups is 1. The fourth-order valence-corrected chi connectivity index (χ4v) is 4.19. The highest BCUT2D eigenvalue weighted by Crippen LogP contribution is 2.20. The average Bonchev–Trinajstić information content (AvgIpc) is 3.19. The molecule has 1 atom stereocenters. The number of fused-ring (bicyclic) bond motifs is 1. The smallest absolute Gasteiger partial charge is 0.224 e. The van der Waals surface area contributed by atoms with E-state index in [0.717, 1.165) is 61.9 Å². The fraction of sp³-hybridized carbons (Fsp3) is 0.375. The molecule has 2 aromatic carbocycles. The summed E-state index contributed by atoms with van der Waals surface area (Å²) in [6.45, 7) is 3.18. The lowest BCUT2D eigenvalue weighted by Crippen LogP contribution is -2.48. The summed E-state index contributed by atoms with van der Waals surface area (Å²) in [6, 6.07) is 18.7. The lowest BCUT2D eigenvalue weighted by molar-refractivity contribution is -0.121. The summed E-state index contributed by atoms with van der Waals surface area (Å²) < 4.78 is 5.44. The number of nitrogens with zero attached hydrogens (tertiary/aromatic N) is 1. The van der Waals surface area contributed by atoms with Gasteiger partial charge in [-0.05, 0) is 62.0 Å². The van der Waals surface area contributed by atoms with Crippen LogP contribution in [0.3, 0.4) is 0 Å². The summed E-state index contributed by atoms with van der Waals surface area (Å²) in [4.78, 5) is 15.1. The van der Waals surface area contributed by atoms with E-state index in [1.54, 1.807) is 6.26 Å². The standard InChI is InChI=1S/C24H28N2O2/c27-24(17-20-10-4-12-23-22(20)13-16-28-23)25-21-11-6-15-26(18-21)14-5-9-19-7-2-1-3-8-19/h1-4,7-8,10,12-13,16,21H,5-6,9,11,14-15,17-18H2,(H,25,27). The highest BCUT2D eigenvalue weighted by atomic mass is 16.3. The van der Waals surface area contributed by atoms with Crippen LogP contribution in [0.25, 0.3) is 11.0 Å². The molecule has 1 aromatic heterocycles. The molecule has 1 N–H and O–H groups in total. The molecular weight excluding hydrogens is 348 g/mol. The van der Waals surface area contributed by atoms with Crippen LogP contribution in [0.4, 0.5) is 0 Å². The third-order valence-corrected chi connectivity index (χ3v) is 5.59. The molecule has 4 rings (SSSR count). The third kappa shape index (κ3) is 4.82. The number of carbonyl (C=O) groups excluding carboxylic acids is 1. The van der Waals surface area contributed by atoms with Crippen molar-refractivity contribution in [1.82, 2.24) is 10.2 Å². The molecule has 4 nitrogen and oxygen atoms in total. The maximum absolute atomic E-state index is 12.6. The molecule has 1 aliphatic heterocycles. The largest absolute Gasteiger partial charge is 0.464 e. The summed E-state index contributed by atoms with van der Waals surface area (Å²) in [5.74, 6) is 0.102. The average molecular weight is 377 g/mol. The van der Waals surface area contributed by atoms with Gasteiger partial charge in [-0.3, -0.25) is 4.79 Å². The minimum Gasteiger partial charge on any atom is -0.464 e. The Labute approximate surface area is 166 Å². The summed E-state index contributed by atoms with van der Waals surface area (Å²) in [6.07, 6.45) is 6.57. The van der Waals surface area contributed by atoms with Crippen molar-refractivity contribution < 1.29 is 9.21 Å². The van der Waals surface area contributed by atoms with Crippen molar-refractivity contribution in [3.8, 4) is 0 Å². The van der Waals surface area contributed by atoms with Crippen molar-refractivity contribution in [1.29, 1.82) is 0 Å². The van der Waals surface area contributed by atoms with Crippen LogP contribution in [-0.2, 0) is 17.6 Å². The van der Waals surface area contributed by atoms with Gasteiger partial charge < -0.3 is 14.6 Å². The van der Waals surface area contributed by atoms with Crippen LogP contribution in [0.1, 0.15) is 30.4 Å². The zero-order valence-electron chi connectivity index (χ0n) is 16.3. The lowest BCUT2D eigenvalue weighted by Gasteiger charge is -2.33. The maximum atomic E-state index is 12.6. The maximum Gasteiger partial charge on any atom is 0.224 e. The predicted molar refractivity (Wildman–Crippen MR) is 112 cm³/mol. The molecule has 1 saturated heterocycles. The Balaban J connectivity index is 1.25. The molecule has 28 heavy (non-hydrogen) atoms. The zero-order chi connectivity index (χ0) is 19.2. The van der Waals surface area contributed by atoms with Crippen LogP contribution in [0, 0.1) is 0 Å². The normalized spacial score (nSPS) is 17.6. The van der Waals surface area contributed by atoms with E-state index in [-0.39, 0.29) is 11.9 Å². The van der Waals surface area contributed by atoms with Crippen LogP contribution < -0.4 is 5.32 Å². The Morgan fingerprint density at radius 2 is 2.00 bits per heavy atom. The first-order valence-electron chi connectivity index (χ1n) is 10.3. The zero-order valence-corrected chi connectivity index (χ0v) is 16.3. The Morgan fingerprint density at radius 1 is 1.11 bits per heavy atom. The number of likely N-dealkylation sites (tertiary alicyclic amines) is 1. The minimum absolute atomic E-state index is 0.102. The second kappa shape index (κ2) is 9.07. The van der Waals surface area contributed by atoms with E-state index in [1.165, 1.54) is 5.56 Å². The van der Waals surface area contributed by atoms with Gasteiger partial charge in [0.25, 0.3) is 0 Å². The fourth-order valence-electron chi connectivity index (χ4n) is 4.19. The second-order valence-electron chi connectivity index (χ2n) is 7.72. The lowest BCUT2D eigenvalue weighted by atomic mass is 10.0. The number of furan rings is 1. The molecule has 0 saturated carbocycles. The molecule has 1 fully saturated rings. The third-order valence-electron chi connectivity index (χ3n) is 5.59. The van der Waals surface area contributed by atoms with Crippen molar-refractivity contribution in [2.75, 3.05) is 19.6 Å². The number of rotatable bonds is 7. The Kier molecular flexibility index (Phi) is 6.07. The van der Waals surface area contributed by atoms with Crippen LogP contribution >= 0.6 is 0 Å². The number of nitrogens with one attached hydrogen (secondary N) is 1. The van der Waals surface area contributed by atoms with Crippen molar-refractivity contribution in [2.45, 2.75) is 38.1 Å². The van der Waals surface area contributed by atoms with Crippen LogP contribution in [-0.4, -0.2) is 36.5 Å². The van der Waals surface area contributed by atoms with E-state index in [2.05, 4.69) is 40.5 Å². The van der Waals surface area contributed by atoms with E-state index in [0.29, 0.717) is 6.42 Å².